The number of nitrogens with one attached hydrogen (secondary N) is 1. The van der Waals surface area contributed by atoms with Crippen LogP contribution < -0.4 is 28.3 Å². The van der Waals surface area contributed by atoms with Crippen LogP contribution >= 0.6 is 0 Å². The molecule has 0 aliphatic rings. The van der Waals surface area contributed by atoms with Crippen LogP contribution in [-0.4, -0.2) is 117 Å². The first-order chi connectivity index (χ1) is 15.4. The molecule has 6 atom stereocenters. The van der Waals surface area contributed by atoms with Gasteiger partial charge >= 0.3 is 11.9 Å². The molecule has 0 saturated carbocycles. The van der Waals surface area contributed by atoms with Crippen LogP contribution in [0.25, 0.3) is 0 Å². The van der Waals surface area contributed by atoms with E-state index in [2.05, 4.69) is 5.32 Å². The van der Waals surface area contributed by atoms with Crippen molar-refractivity contribution in [2.45, 2.75) is 75.0 Å². The number of carboxylic acids is 2. The maximum atomic E-state index is 10.1. The predicted octanol–water partition coefficient (Wildman–Crippen LogP) is -4.30. The number of aliphatic hydroxyl groups excluding tert-OH is 5. The quantitative estimate of drug-likeness (QED) is 0.0917. The van der Waals surface area contributed by atoms with Gasteiger partial charge in [0.25, 0.3) is 0 Å². The number of hydrogen-bond donors (Lipinski definition) is 12. The Bertz CT molecular complexity index is 451. The molecule has 0 aromatic carbocycles. The molecular weight excluding hydrogens is 442 g/mol. The minimum Gasteiger partial charge on any atom is -0.480 e. The molecule has 0 heterocycles. The lowest BCUT2D eigenvalue weighted by atomic mass is 10.0. The van der Waals surface area contributed by atoms with Crippen LogP contribution in [0.3, 0.4) is 0 Å². The summed E-state index contributed by atoms with van der Waals surface area (Å²) in [4.78, 5) is 20.3. The van der Waals surface area contributed by atoms with Crippen LogP contribution in [0.2, 0.25) is 0 Å². The van der Waals surface area contributed by atoms with Gasteiger partial charge in [-0.05, 0) is 45.8 Å². The molecule has 0 unspecified atom stereocenters. The number of nitrogens with two attached hydrogens (primary N) is 4. The van der Waals surface area contributed by atoms with E-state index in [9.17, 15) is 14.7 Å². The highest BCUT2D eigenvalue weighted by Gasteiger charge is 2.29. The molecule has 0 aromatic rings. The van der Waals surface area contributed by atoms with E-state index in [4.69, 9.17) is 53.6 Å². The summed E-state index contributed by atoms with van der Waals surface area (Å²) in [5, 5.41) is 64.1. The van der Waals surface area contributed by atoms with Gasteiger partial charge in [-0.2, -0.15) is 0 Å². The molecule has 0 aromatic heterocycles. The minimum absolute atomic E-state index is 0.0936. The number of unbranched alkanes of at least 4 members (excludes halogenated alkanes) is 2. The van der Waals surface area contributed by atoms with Crippen LogP contribution in [0.1, 0.15) is 38.5 Å². The first-order valence-electron chi connectivity index (χ1n) is 10.8. The largest absolute Gasteiger partial charge is 0.480 e. The van der Waals surface area contributed by atoms with Gasteiger partial charge in [0.1, 0.15) is 30.4 Å². The van der Waals surface area contributed by atoms with Crippen molar-refractivity contribution >= 4 is 11.9 Å². The number of carboxylic acid groups (broad SMARTS) is 2. The minimum atomic E-state index is -1.55. The number of aliphatic hydroxyl groups is 5. The van der Waals surface area contributed by atoms with Crippen LogP contribution in [-0.2, 0) is 9.59 Å². The fourth-order valence-electron chi connectivity index (χ4n) is 2.16. The number of carbonyl (C=O) groups is 2. The molecule has 0 rings (SSSR count). The van der Waals surface area contributed by atoms with Crippen LogP contribution in [0.15, 0.2) is 0 Å². The Balaban J connectivity index is -0.000000415. The first kappa shape index (κ1) is 36.1. The smallest absolute Gasteiger partial charge is 0.320 e. The van der Waals surface area contributed by atoms with Gasteiger partial charge in [-0.25, -0.2) is 0 Å². The molecule has 0 spiro atoms. The molecule has 200 valence electrons. The lowest BCUT2D eigenvalue weighted by molar-refractivity contribution is -0.139. The summed E-state index contributed by atoms with van der Waals surface area (Å²) >= 11 is 0. The van der Waals surface area contributed by atoms with E-state index in [0.717, 1.165) is 25.7 Å². The van der Waals surface area contributed by atoms with Gasteiger partial charge in [-0.3, -0.25) is 9.59 Å². The number of likely N-dealkylation sites (N-methyl/N-ethyl adjacent to an activating group) is 1. The molecular formula is C19H45N5O9. The van der Waals surface area contributed by atoms with E-state index in [0.29, 0.717) is 25.9 Å². The third kappa shape index (κ3) is 22.1. The molecule has 0 amide bonds. The van der Waals surface area contributed by atoms with Crippen molar-refractivity contribution < 1.29 is 45.3 Å². The van der Waals surface area contributed by atoms with Gasteiger partial charge in [0.15, 0.2) is 0 Å². The van der Waals surface area contributed by atoms with Gasteiger partial charge in [0.2, 0.25) is 0 Å². The van der Waals surface area contributed by atoms with E-state index in [1.165, 1.54) is 0 Å². The molecule has 33 heavy (non-hydrogen) atoms. The van der Waals surface area contributed by atoms with Crippen molar-refractivity contribution in [1.29, 1.82) is 0 Å². The van der Waals surface area contributed by atoms with E-state index in [-0.39, 0.29) is 6.54 Å². The summed E-state index contributed by atoms with van der Waals surface area (Å²) in [6, 6.07) is -1.43. The summed E-state index contributed by atoms with van der Waals surface area (Å²) in [6.45, 7) is 0.638. The monoisotopic (exact) mass is 487 g/mol. The second kappa shape index (κ2) is 23.7. The average molecular weight is 488 g/mol. The fraction of sp³-hybridized carbons (Fsp3) is 0.895. The highest BCUT2D eigenvalue weighted by molar-refractivity contribution is 5.73. The third-order valence-corrected chi connectivity index (χ3v) is 4.31. The number of hydrogen-bond acceptors (Lipinski definition) is 12. The van der Waals surface area contributed by atoms with Crippen molar-refractivity contribution in [2.24, 2.45) is 22.9 Å². The summed E-state index contributed by atoms with van der Waals surface area (Å²) in [7, 11) is 1.57. The zero-order valence-electron chi connectivity index (χ0n) is 19.3. The number of aliphatic carboxylic acids is 2. The summed E-state index contributed by atoms with van der Waals surface area (Å²) in [5.74, 6) is -1.87. The second-order valence-corrected chi connectivity index (χ2v) is 7.31. The Kier molecular flexibility index (Phi) is 25.9. The van der Waals surface area contributed by atoms with Gasteiger partial charge < -0.3 is 64.0 Å². The van der Waals surface area contributed by atoms with Crippen LogP contribution in [0, 0.1) is 0 Å². The highest BCUT2D eigenvalue weighted by Crippen LogP contribution is 2.04. The third-order valence-electron chi connectivity index (χ3n) is 4.31. The van der Waals surface area contributed by atoms with Gasteiger partial charge in [0.05, 0.1) is 12.7 Å². The molecule has 0 saturated heterocycles. The fourth-order valence-corrected chi connectivity index (χ4v) is 2.16. The van der Waals surface area contributed by atoms with E-state index < -0.39 is 55.0 Å². The van der Waals surface area contributed by atoms with Crippen molar-refractivity contribution in [3.05, 3.63) is 0 Å². The lowest BCUT2D eigenvalue weighted by Gasteiger charge is -2.25. The van der Waals surface area contributed by atoms with Gasteiger partial charge in [-0.1, -0.05) is 12.8 Å². The van der Waals surface area contributed by atoms with Gasteiger partial charge in [0, 0.05) is 6.54 Å². The molecule has 16 N–H and O–H groups in total. The van der Waals surface area contributed by atoms with Crippen molar-refractivity contribution in [3.8, 4) is 0 Å². The van der Waals surface area contributed by atoms with Crippen LogP contribution in [0.5, 0.6) is 0 Å². The molecule has 14 heteroatoms. The predicted molar refractivity (Wildman–Crippen MR) is 122 cm³/mol. The Morgan fingerprint density at radius 3 is 1.39 bits per heavy atom. The van der Waals surface area contributed by atoms with Crippen molar-refractivity contribution in [3.63, 3.8) is 0 Å². The summed E-state index contributed by atoms with van der Waals surface area (Å²) < 4.78 is 0. The van der Waals surface area contributed by atoms with Crippen molar-refractivity contribution in [1.82, 2.24) is 5.32 Å². The van der Waals surface area contributed by atoms with Crippen LogP contribution in [0.4, 0.5) is 0 Å². The standard InChI is InChI=1S/C7H17NO5.2C6H14N2O2/c1-8-2-4(10)6(12)7(13)5(11)3-9;2*7-4-2-1-3-5(8)6(9)10/h4-13H,2-3H2,1H3;2*5H,1-4,7-8H2,(H,9,10)/t4-,5+,6+,7+;2*5-/m000/s1. The molecule has 0 radical (unpaired) electrons. The maximum Gasteiger partial charge on any atom is 0.320 e. The van der Waals surface area contributed by atoms with E-state index >= 15 is 0 Å². The van der Waals surface area contributed by atoms with Crippen molar-refractivity contribution in [2.75, 3.05) is 33.3 Å². The molecule has 14 nitrogen and oxygen atoms in total. The Hall–Kier alpha value is -1.46. The zero-order valence-corrected chi connectivity index (χ0v) is 19.3. The molecule has 0 aliphatic heterocycles. The molecule has 0 bridgehead atoms. The summed E-state index contributed by atoms with van der Waals surface area (Å²) in [6.07, 6.45) is -1.32. The second-order valence-electron chi connectivity index (χ2n) is 7.31. The Morgan fingerprint density at radius 2 is 1.12 bits per heavy atom. The van der Waals surface area contributed by atoms with E-state index in [1.54, 1.807) is 7.05 Å². The Morgan fingerprint density at radius 1 is 0.758 bits per heavy atom. The summed E-state index contributed by atoms with van der Waals surface area (Å²) in [5.41, 5.74) is 20.8. The Labute approximate surface area is 194 Å². The van der Waals surface area contributed by atoms with Gasteiger partial charge in [-0.15, -0.1) is 0 Å². The SMILES string of the molecule is CNC[C@H](O)[C@@H](O)[C@H](O)[C@H](O)CO.NCCCC[C@H](N)C(=O)O.NCCCC[C@H](N)C(=O)O. The maximum absolute atomic E-state index is 10.1. The zero-order chi connectivity index (χ0) is 26.4. The topological polar surface area (TPSA) is 292 Å². The van der Waals surface area contributed by atoms with E-state index in [1.807, 2.05) is 0 Å². The molecule has 0 aliphatic carbocycles. The molecule has 0 fully saturated rings. The lowest BCUT2D eigenvalue weighted by Crippen LogP contribution is -2.48. The highest BCUT2D eigenvalue weighted by atomic mass is 16.4. The normalized spacial score (nSPS) is 16.1. The number of rotatable bonds is 16. The average Bonchev–Trinajstić information content (AvgIpc) is 2.78. The first-order valence-corrected chi connectivity index (χ1v) is 10.8.